The Kier molecular flexibility index (Phi) is 8.56. The van der Waals surface area contributed by atoms with Crippen molar-refractivity contribution < 1.29 is 4.74 Å². The average molecular weight is 361 g/mol. The number of hydrogen-bond donors (Lipinski definition) is 1. The first-order chi connectivity index (χ1) is 10.1. The van der Waals surface area contributed by atoms with Crippen molar-refractivity contribution in [3.63, 3.8) is 0 Å². The second kappa shape index (κ2) is 9.92. The van der Waals surface area contributed by atoms with Crippen molar-refractivity contribution in [1.29, 1.82) is 0 Å². The largest absolute Gasteiger partial charge is 0.380 e. The minimum atomic E-state index is -0.117. The highest BCUT2D eigenvalue weighted by Crippen LogP contribution is 2.15. The molecule has 0 aromatic carbocycles. The van der Waals surface area contributed by atoms with Crippen LogP contribution in [0.3, 0.4) is 0 Å². The van der Waals surface area contributed by atoms with Crippen LogP contribution in [0.25, 0.3) is 0 Å². The molecule has 0 unspecified atom stereocenters. The van der Waals surface area contributed by atoms with E-state index in [-0.39, 0.29) is 5.56 Å². The van der Waals surface area contributed by atoms with Crippen LogP contribution in [-0.4, -0.2) is 55.1 Å². The molecule has 1 rings (SSSR count). The molecule has 120 valence electrons. The van der Waals surface area contributed by atoms with E-state index in [1.807, 2.05) is 19.0 Å². The third-order valence-corrected chi connectivity index (χ3v) is 3.71. The predicted octanol–water partition coefficient (Wildman–Crippen LogP) is 1.80. The summed E-state index contributed by atoms with van der Waals surface area (Å²) in [7, 11) is 3.93. The smallest absolute Gasteiger partial charge is 0.283 e. The third kappa shape index (κ3) is 6.58. The van der Waals surface area contributed by atoms with Gasteiger partial charge in [-0.15, -0.1) is 0 Å². The van der Waals surface area contributed by atoms with Gasteiger partial charge in [0.1, 0.15) is 4.47 Å². The molecule has 1 heterocycles. The minimum Gasteiger partial charge on any atom is -0.380 e. The van der Waals surface area contributed by atoms with E-state index in [4.69, 9.17) is 4.74 Å². The Morgan fingerprint density at radius 3 is 2.86 bits per heavy atom. The van der Waals surface area contributed by atoms with Crippen molar-refractivity contribution in [3.05, 3.63) is 21.0 Å². The van der Waals surface area contributed by atoms with Gasteiger partial charge in [-0.3, -0.25) is 4.79 Å². The maximum absolute atomic E-state index is 12.1. The fraction of sp³-hybridized carbons (Fsp3) is 0.714. The Morgan fingerprint density at radius 1 is 1.43 bits per heavy atom. The lowest BCUT2D eigenvalue weighted by Crippen LogP contribution is -2.29. The average Bonchev–Trinajstić information content (AvgIpc) is 2.45. The van der Waals surface area contributed by atoms with Gasteiger partial charge in [0.2, 0.25) is 0 Å². The molecule has 1 aromatic rings. The molecule has 21 heavy (non-hydrogen) atoms. The number of nitrogens with zero attached hydrogens (tertiary/aromatic N) is 3. The van der Waals surface area contributed by atoms with Crippen molar-refractivity contribution in [2.24, 2.45) is 0 Å². The molecule has 0 bridgehead atoms. The summed E-state index contributed by atoms with van der Waals surface area (Å²) < 4.78 is 7.45. The van der Waals surface area contributed by atoms with Crippen LogP contribution in [0.4, 0.5) is 5.69 Å². The Morgan fingerprint density at radius 2 is 2.19 bits per heavy atom. The summed E-state index contributed by atoms with van der Waals surface area (Å²) in [6.07, 6.45) is 3.88. The standard InChI is InChI=1S/C14H25BrN4O2/c1-4-5-9-21-10-6-16-12-11-17-19(8-7-18(2)3)14(20)13(12)15/h11,16H,4-10H2,1-3H3. The molecule has 1 N–H and O–H groups in total. The van der Waals surface area contributed by atoms with Gasteiger partial charge in [0, 0.05) is 19.7 Å². The Labute approximate surface area is 134 Å². The normalized spacial score (nSPS) is 11.1. The van der Waals surface area contributed by atoms with Gasteiger partial charge in [-0.1, -0.05) is 13.3 Å². The van der Waals surface area contributed by atoms with Crippen molar-refractivity contribution >= 4 is 21.6 Å². The summed E-state index contributed by atoms with van der Waals surface area (Å²) in [5, 5.41) is 7.35. The zero-order valence-electron chi connectivity index (χ0n) is 13.1. The van der Waals surface area contributed by atoms with Crippen molar-refractivity contribution in [3.8, 4) is 0 Å². The van der Waals surface area contributed by atoms with E-state index in [1.54, 1.807) is 6.20 Å². The first-order valence-electron chi connectivity index (χ1n) is 7.28. The van der Waals surface area contributed by atoms with E-state index in [9.17, 15) is 4.79 Å². The van der Waals surface area contributed by atoms with Gasteiger partial charge < -0.3 is 15.0 Å². The van der Waals surface area contributed by atoms with E-state index in [2.05, 4.69) is 33.3 Å². The third-order valence-electron chi connectivity index (χ3n) is 2.95. The van der Waals surface area contributed by atoms with Crippen molar-refractivity contribution in [1.82, 2.24) is 14.7 Å². The molecular weight excluding hydrogens is 336 g/mol. The predicted molar refractivity (Wildman–Crippen MR) is 89.0 cm³/mol. The summed E-state index contributed by atoms with van der Waals surface area (Å²) >= 11 is 3.34. The van der Waals surface area contributed by atoms with Crippen molar-refractivity contribution in [2.45, 2.75) is 26.3 Å². The topological polar surface area (TPSA) is 59.4 Å². The van der Waals surface area contributed by atoms with Gasteiger partial charge >= 0.3 is 0 Å². The molecule has 7 heteroatoms. The van der Waals surface area contributed by atoms with Crippen LogP contribution >= 0.6 is 15.9 Å². The fourth-order valence-corrected chi connectivity index (χ4v) is 2.10. The van der Waals surface area contributed by atoms with Gasteiger partial charge in [0.05, 0.1) is 25.0 Å². The van der Waals surface area contributed by atoms with E-state index >= 15 is 0 Å². The minimum absolute atomic E-state index is 0.117. The molecular formula is C14H25BrN4O2. The van der Waals surface area contributed by atoms with Gasteiger partial charge in [-0.2, -0.15) is 5.10 Å². The van der Waals surface area contributed by atoms with Crippen molar-refractivity contribution in [2.75, 3.05) is 45.7 Å². The van der Waals surface area contributed by atoms with Gasteiger partial charge in [-0.25, -0.2) is 4.68 Å². The molecule has 0 saturated carbocycles. The number of anilines is 1. The van der Waals surface area contributed by atoms with E-state index < -0.39 is 0 Å². The monoisotopic (exact) mass is 360 g/mol. The molecule has 0 amide bonds. The van der Waals surface area contributed by atoms with Crippen LogP contribution < -0.4 is 10.9 Å². The second-order valence-corrected chi connectivity index (χ2v) is 5.89. The lowest BCUT2D eigenvalue weighted by molar-refractivity contribution is 0.141. The SMILES string of the molecule is CCCCOCCNc1cnn(CCN(C)C)c(=O)c1Br. The molecule has 0 aliphatic carbocycles. The molecule has 0 aliphatic rings. The van der Waals surface area contributed by atoms with Crippen LogP contribution in [0.2, 0.25) is 0 Å². The molecule has 0 spiro atoms. The quantitative estimate of drug-likeness (QED) is 0.644. The number of nitrogens with one attached hydrogen (secondary N) is 1. The van der Waals surface area contributed by atoms with Crippen LogP contribution in [0, 0.1) is 0 Å². The zero-order chi connectivity index (χ0) is 15.7. The number of hydrogen-bond acceptors (Lipinski definition) is 5. The molecule has 0 fully saturated rings. The van der Waals surface area contributed by atoms with Gasteiger partial charge in [0.25, 0.3) is 5.56 Å². The van der Waals surface area contributed by atoms with Crippen LogP contribution in [0.1, 0.15) is 19.8 Å². The van der Waals surface area contributed by atoms with Gasteiger partial charge in [-0.05, 0) is 36.4 Å². The summed E-state index contributed by atoms with van der Waals surface area (Å²) in [6, 6.07) is 0. The first kappa shape index (κ1) is 18.1. The van der Waals surface area contributed by atoms with E-state index in [0.29, 0.717) is 29.9 Å². The number of likely N-dealkylation sites (N-methyl/N-ethyl adjacent to an activating group) is 1. The number of ether oxygens (including phenoxy) is 1. The summed E-state index contributed by atoms with van der Waals surface area (Å²) in [6.45, 7) is 5.54. The molecule has 6 nitrogen and oxygen atoms in total. The van der Waals surface area contributed by atoms with E-state index in [0.717, 1.165) is 26.0 Å². The van der Waals surface area contributed by atoms with E-state index in [1.165, 1.54) is 4.68 Å². The number of halogens is 1. The Hall–Kier alpha value is -0.920. The highest BCUT2D eigenvalue weighted by atomic mass is 79.9. The second-order valence-electron chi connectivity index (χ2n) is 5.10. The van der Waals surface area contributed by atoms with Gasteiger partial charge in [0.15, 0.2) is 0 Å². The lowest BCUT2D eigenvalue weighted by Gasteiger charge is -2.13. The maximum atomic E-state index is 12.1. The maximum Gasteiger partial charge on any atom is 0.283 e. The Bertz CT molecular complexity index is 477. The Balaban J connectivity index is 2.49. The molecule has 0 atom stereocenters. The van der Waals surface area contributed by atoms with Crippen LogP contribution in [0.5, 0.6) is 0 Å². The summed E-state index contributed by atoms with van der Waals surface area (Å²) in [5.41, 5.74) is 0.592. The van der Waals surface area contributed by atoms with Crippen LogP contribution in [0.15, 0.2) is 15.5 Å². The number of unbranched alkanes of at least 4 members (excludes halogenated alkanes) is 1. The van der Waals surface area contributed by atoms with Crippen LogP contribution in [-0.2, 0) is 11.3 Å². The molecule has 0 radical (unpaired) electrons. The zero-order valence-corrected chi connectivity index (χ0v) is 14.6. The number of rotatable bonds is 10. The lowest BCUT2D eigenvalue weighted by atomic mass is 10.4. The molecule has 0 saturated heterocycles. The highest BCUT2D eigenvalue weighted by molar-refractivity contribution is 9.10. The summed E-state index contributed by atoms with van der Waals surface area (Å²) in [5.74, 6) is 0. The molecule has 0 aliphatic heterocycles. The molecule has 1 aromatic heterocycles. The fourth-order valence-electron chi connectivity index (χ4n) is 1.65. The number of aromatic nitrogens is 2. The first-order valence-corrected chi connectivity index (χ1v) is 8.07. The summed E-state index contributed by atoms with van der Waals surface area (Å²) in [4.78, 5) is 14.2. The highest BCUT2D eigenvalue weighted by Gasteiger charge is 2.08.